The first-order valence-electron chi connectivity index (χ1n) is 6.95. The number of hydrogen-bond acceptors (Lipinski definition) is 6. The van der Waals surface area contributed by atoms with Gasteiger partial charge in [-0.05, 0) is 31.5 Å². The average Bonchev–Trinajstić information content (AvgIpc) is 2.94. The van der Waals surface area contributed by atoms with Crippen molar-refractivity contribution < 1.29 is 14.6 Å². The maximum absolute atomic E-state index is 12.4. The fraction of sp³-hybridized carbons (Fsp3) is 0.267. The normalized spacial score (nSPS) is 16.9. The molecule has 0 bridgehead atoms. The third-order valence-corrected chi connectivity index (χ3v) is 3.50. The van der Waals surface area contributed by atoms with Crippen LogP contribution in [0.25, 0.3) is 0 Å². The van der Waals surface area contributed by atoms with Gasteiger partial charge in [-0.2, -0.15) is 10.1 Å². The van der Waals surface area contributed by atoms with Gasteiger partial charge < -0.3 is 15.2 Å². The molecule has 7 nitrogen and oxygen atoms in total. The van der Waals surface area contributed by atoms with Crippen LogP contribution in [0.3, 0.4) is 0 Å². The lowest BCUT2D eigenvalue weighted by molar-refractivity contribution is -0.139. The largest absolute Gasteiger partial charge is 0.508 e. The SMILES string of the molecule is CCOC(=O)C1=C(C)Nc2ncnn2[C@H]1c1ccc(O)cc1. The minimum absolute atomic E-state index is 0.162. The zero-order valence-electron chi connectivity index (χ0n) is 12.3. The predicted molar refractivity (Wildman–Crippen MR) is 79.2 cm³/mol. The van der Waals surface area contributed by atoms with Gasteiger partial charge in [-0.1, -0.05) is 12.1 Å². The molecule has 114 valence electrons. The molecule has 0 amide bonds. The number of anilines is 1. The van der Waals surface area contributed by atoms with Crippen molar-refractivity contribution in [2.45, 2.75) is 19.9 Å². The summed E-state index contributed by atoms with van der Waals surface area (Å²) in [6, 6.07) is 6.21. The zero-order valence-corrected chi connectivity index (χ0v) is 12.3. The number of aromatic hydroxyl groups is 1. The van der Waals surface area contributed by atoms with Gasteiger partial charge in [-0.3, -0.25) is 0 Å². The van der Waals surface area contributed by atoms with E-state index in [4.69, 9.17) is 4.74 Å². The van der Waals surface area contributed by atoms with Crippen molar-refractivity contribution >= 4 is 11.9 Å². The second-order valence-corrected chi connectivity index (χ2v) is 4.91. The van der Waals surface area contributed by atoms with E-state index >= 15 is 0 Å². The second kappa shape index (κ2) is 5.51. The van der Waals surface area contributed by atoms with E-state index in [0.29, 0.717) is 23.8 Å². The number of hydrogen-bond donors (Lipinski definition) is 2. The summed E-state index contributed by atoms with van der Waals surface area (Å²) in [5.74, 6) is 0.324. The van der Waals surface area contributed by atoms with Crippen LogP contribution in [0.2, 0.25) is 0 Å². The number of benzene rings is 1. The maximum atomic E-state index is 12.4. The molecule has 7 heteroatoms. The highest BCUT2D eigenvalue weighted by Crippen LogP contribution is 2.35. The lowest BCUT2D eigenvalue weighted by Gasteiger charge is -2.28. The fourth-order valence-electron chi connectivity index (χ4n) is 2.53. The molecule has 2 N–H and O–H groups in total. The summed E-state index contributed by atoms with van der Waals surface area (Å²) >= 11 is 0. The molecule has 0 fully saturated rings. The minimum atomic E-state index is -0.446. The smallest absolute Gasteiger partial charge is 0.338 e. The maximum Gasteiger partial charge on any atom is 0.338 e. The molecule has 2 heterocycles. The van der Waals surface area contributed by atoms with Crippen LogP contribution >= 0.6 is 0 Å². The summed E-state index contributed by atoms with van der Waals surface area (Å²) in [6.07, 6.45) is 1.43. The van der Waals surface area contributed by atoms with Gasteiger partial charge in [0.25, 0.3) is 0 Å². The molecule has 22 heavy (non-hydrogen) atoms. The Hall–Kier alpha value is -2.83. The van der Waals surface area contributed by atoms with Crippen LogP contribution in [0, 0.1) is 0 Å². The molecule has 1 aromatic carbocycles. The molecule has 0 aliphatic carbocycles. The standard InChI is InChI=1S/C15H16N4O3/c1-3-22-14(21)12-9(2)18-15-16-8-17-19(15)13(12)10-4-6-11(20)7-5-10/h4-8,13,20H,3H2,1-2H3,(H,16,17,18)/t13-/m0/s1. The van der Waals surface area contributed by atoms with Gasteiger partial charge in [0.15, 0.2) is 0 Å². The van der Waals surface area contributed by atoms with Gasteiger partial charge in [0.05, 0.1) is 12.2 Å². The molecule has 0 unspecified atom stereocenters. The van der Waals surface area contributed by atoms with Crippen LogP contribution in [-0.2, 0) is 9.53 Å². The van der Waals surface area contributed by atoms with Crippen molar-refractivity contribution in [1.82, 2.24) is 14.8 Å². The van der Waals surface area contributed by atoms with Gasteiger partial charge in [0, 0.05) is 5.70 Å². The number of phenolic OH excluding ortho intramolecular Hbond substituents is 1. The monoisotopic (exact) mass is 300 g/mol. The third-order valence-electron chi connectivity index (χ3n) is 3.50. The Balaban J connectivity index is 2.13. The number of nitrogens with one attached hydrogen (secondary N) is 1. The molecule has 3 rings (SSSR count). The summed E-state index contributed by atoms with van der Waals surface area (Å²) in [6.45, 7) is 3.86. The number of phenols is 1. The van der Waals surface area contributed by atoms with Gasteiger partial charge >= 0.3 is 5.97 Å². The molecular weight excluding hydrogens is 284 g/mol. The molecule has 1 aliphatic rings. The van der Waals surface area contributed by atoms with Crippen molar-refractivity contribution in [2.75, 3.05) is 11.9 Å². The zero-order chi connectivity index (χ0) is 15.7. The lowest BCUT2D eigenvalue weighted by atomic mass is 9.96. The quantitative estimate of drug-likeness (QED) is 0.841. The van der Waals surface area contributed by atoms with E-state index in [9.17, 15) is 9.90 Å². The van der Waals surface area contributed by atoms with Crippen molar-refractivity contribution in [3.8, 4) is 5.75 Å². The van der Waals surface area contributed by atoms with Crippen LogP contribution in [0.1, 0.15) is 25.5 Å². The average molecular weight is 300 g/mol. The van der Waals surface area contributed by atoms with Crippen LogP contribution in [0.15, 0.2) is 41.9 Å². The van der Waals surface area contributed by atoms with Crippen molar-refractivity contribution in [1.29, 1.82) is 0 Å². The molecule has 2 aromatic rings. The van der Waals surface area contributed by atoms with Gasteiger partial charge in [-0.25, -0.2) is 9.48 Å². The van der Waals surface area contributed by atoms with E-state index in [2.05, 4.69) is 15.4 Å². The highest BCUT2D eigenvalue weighted by Gasteiger charge is 2.34. The number of rotatable bonds is 3. The Morgan fingerprint density at radius 1 is 1.41 bits per heavy atom. The van der Waals surface area contributed by atoms with Crippen LogP contribution in [0.5, 0.6) is 5.75 Å². The highest BCUT2D eigenvalue weighted by atomic mass is 16.5. The Morgan fingerprint density at radius 3 is 2.82 bits per heavy atom. The summed E-state index contributed by atoms with van der Waals surface area (Å²) in [4.78, 5) is 16.5. The van der Waals surface area contributed by atoms with Gasteiger partial charge in [0.2, 0.25) is 5.95 Å². The molecule has 0 saturated carbocycles. The number of allylic oxidation sites excluding steroid dienone is 1. The number of carbonyl (C=O) groups is 1. The Morgan fingerprint density at radius 2 is 2.14 bits per heavy atom. The van der Waals surface area contributed by atoms with Crippen LogP contribution in [0.4, 0.5) is 5.95 Å². The van der Waals surface area contributed by atoms with Crippen molar-refractivity contribution in [3.05, 3.63) is 47.4 Å². The van der Waals surface area contributed by atoms with Crippen molar-refractivity contribution in [3.63, 3.8) is 0 Å². The molecule has 0 radical (unpaired) electrons. The number of carbonyl (C=O) groups excluding carboxylic acids is 1. The number of aromatic nitrogens is 3. The summed E-state index contributed by atoms with van der Waals surface area (Å²) in [7, 11) is 0. The topological polar surface area (TPSA) is 89.3 Å². The van der Waals surface area contributed by atoms with Crippen LogP contribution in [-0.4, -0.2) is 32.4 Å². The van der Waals surface area contributed by atoms with E-state index in [1.165, 1.54) is 6.33 Å². The third kappa shape index (κ3) is 2.30. The van der Waals surface area contributed by atoms with E-state index in [1.54, 1.807) is 42.8 Å². The number of fused-ring (bicyclic) bond motifs is 1. The summed E-state index contributed by atoms with van der Waals surface area (Å²) < 4.78 is 6.80. The number of ether oxygens (including phenoxy) is 1. The van der Waals surface area contributed by atoms with Gasteiger partial charge in [0.1, 0.15) is 18.1 Å². The molecule has 0 saturated heterocycles. The first-order chi connectivity index (χ1) is 10.6. The number of esters is 1. The van der Waals surface area contributed by atoms with E-state index in [-0.39, 0.29) is 5.75 Å². The number of nitrogens with zero attached hydrogens (tertiary/aromatic N) is 3. The van der Waals surface area contributed by atoms with E-state index in [0.717, 1.165) is 5.56 Å². The Kier molecular flexibility index (Phi) is 3.54. The second-order valence-electron chi connectivity index (χ2n) is 4.91. The molecule has 0 spiro atoms. The minimum Gasteiger partial charge on any atom is -0.508 e. The summed E-state index contributed by atoms with van der Waals surface area (Å²) in [5, 5.41) is 16.7. The Labute approximate surface area is 127 Å². The predicted octanol–water partition coefficient (Wildman–Crippen LogP) is 1.84. The Bertz CT molecular complexity index is 734. The lowest BCUT2D eigenvalue weighted by Crippen LogP contribution is -2.29. The molecule has 1 aromatic heterocycles. The highest BCUT2D eigenvalue weighted by molar-refractivity contribution is 5.92. The van der Waals surface area contributed by atoms with E-state index < -0.39 is 12.0 Å². The molecule has 1 atom stereocenters. The van der Waals surface area contributed by atoms with E-state index in [1.807, 2.05) is 0 Å². The molecular formula is C15H16N4O3. The van der Waals surface area contributed by atoms with Gasteiger partial charge in [-0.15, -0.1) is 0 Å². The molecule has 1 aliphatic heterocycles. The van der Waals surface area contributed by atoms with Crippen LogP contribution < -0.4 is 5.32 Å². The summed E-state index contributed by atoms with van der Waals surface area (Å²) in [5.41, 5.74) is 1.97. The first kappa shape index (κ1) is 14.1. The van der Waals surface area contributed by atoms with Crippen molar-refractivity contribution in [2.24, 2.45) is 0 Å². The first-order valence-corrected chi connectivity index (χ1v) is 6.95. The fourth-order valence-corrected chi connectivity index (χ4v) is 2.53.